The third-order valence-corrected chi connectivity index (χ3v) is 14.5. The van der Waals surface area contributed by atoms with Crippen LogP contribution < -0.4 is 4.90 Å². The molecule has 0 N–H and O–H groups in total. The Bertz CT molecular complexity index is 1630. The Hall–Kier alpha value is -2.42. The minimum absolute atomic E-state index is 0.0368. The van der Waals surface area contributed by atoms with Gasteiger partial charge < -0.3 is 13.9 Å². The zero-order valence-electron chi connectivity index (χ0n) is 25.6. The summed E-state index contributed by atoms with van der Waals surface area (Å²) < 4.78 is 23.0. The summed E-state index contributed by atoms with van der Waals surface area (Å²) in [5, 5.41) is 9.58. The lowest BCUT2D eigenvalue weighted by Gasteiger charge is -2.43. The zero-order valence-corrected chi connectivity index (χ0v) is 29.5. The number of fused-ring (bicyclic) bond motifs is 1. The van der Waals surface area contributed by atoms with Crippen molar-refractivity contribution in [3.8, 4) is 5.82 Å². The Labute approximate surface area is 271 Å². The van der Waals surface area contributed by atoms with Gasteiger partial charge in [-0.15, -0.1) is 4.80 Å². The third kappa shape index (κ3) is 6.38. The summed E-state index contributed by atoms with van der Waals surface area (Å²) >= 11 is 8.82. The normalized spacial score (nSPS) is 19.8. The molecule has 0 aliphatic carbocycles. The molecule has 0 aromatic carbocycles. The number of ketones is 1. The minimum atomic E-state index is -1.97. The van der Waals surface area contributed by atoms with Gasteiger partial charge in [-0.2, -0.15) is 10.2 Å². The van der Waals surface area contributed by atoms with Gasteiger partial charge in [0.25, 0.3) is 0 Å². The Morgan fingerprint density at radius 2 is 1.79 bits per heavy atom. The molecule has 0 radical (unpaired) electrons. The van der Waals surface area contributed by atoms with Crippen LogP contribution in [0, 0.1) is 15.3 Å². The SMILES string of the molecule is C[C@@H]1CC(C(=O)c2cn(CCO[Si](C)(C)C(C)(C)C)c3nc(-n4nccn4)c(Cl)cc23)C[C@@H](C)N1c1ncc(F)cc1I. The molecule has 4 aromatic heterocycles. The number of hydrogen-bond donors (Lipinski definition) is 0. The molecule has 4 aromatic rings. The maximum atomic E-state index is 14.2. The van der Waals surface area contributed by atoms with Crippen molar-refractivity contribution in [1.29, 1.82) is 0 Å². The molecule has 0 unspecified atom stereocenters. The molecule has 1 aliphatic rings. The maximum Gasteiger partial charge on any atom is 0.195 e. The van der Waals surface area contributed by atoms with Gasteiger partial charge in [0.2, 0.25) is 0 Å². The number of halogens is 3. The van der Waals surface area contributed by atoms with E-state index in [2.05, 4.69) is 90.4 Å². The van der Waals surface area contributed by atoms with Crippen molar-refractivity contribution >= 4 is 65.1 Å². The molecule has 13 heteroatoms. The van der Waals surface area contributed by atoms with Crippen LogP contribution in [0.3, 0.4) is 0 Å². The molecule has 5 heterocycles. The second kappa shape index (κ2) is 12.2. The predicted octanol–water partition coefficient (Wildman–Crippen LogP) is 7.31. The number of piperidine rings is 1. The summed E-state index contributed by atoms with van der Waals surface area (Å²) in [5.74, 6) is 0.662. The van der Waals surface area contributed by atoms with E-state index in [1.54, 1.807) is 18.5 Å². The first-order chi connectivity index (χ1) is 20.2. The van der Waals surface area contributed by atoms with Crippen LogP contribution in [-0.4, -0.2) is 62.3 Å². The molecular formula is C30H38ClFIN7O2Si. The lowest BCUT2D eigenvalue weighted by Crippen LogP contribution is -2.49. The van der Waals surface area contributed by atoms with Crippen molar-refractivity contribution in [2.75, 3.05) is 11.5 Å². The van der Waals surface area contributed by atoms with E-state index < -0.39 is 8.32 Å². The number of aromatic nitrogens is 6. The fourth-order valence-corrected chi connectivity index (χ4v) is 7.63. The molecule has 9 nitrogen and oxygen atoms in total. The van der Waals surface area contributed by atoms with Crippen LogP contribution in [0.4, 0.5) is 10.2 Å². The molecule has 1 saturated heterocycles. The smallest absolute Gasteiger partial charge is 0.195 e. The van der Waals surface area contributed by atoms with Gasteiger partial charge in [-0.25, -0.2) is 14.4 Å². The molecule has 2 atom stereocenters. The lowest BCUT2D eigenvalue weighted by molar-refractivity contribution is 0.0878. The van der Waals surface area contributed by atoms with Crippen molar-refractivity contribution in [3.63, 3.8) is 0 Å². The summed E-state index contributed by atoms with van der Waals surface area (Å²) in [7, 11) is -1.97. The molecular weight excluding hydrogens is 700 g/mol. The fourth-order valence-electron chi connectivity index (χ4n) is 5.65. The number of rotatable bonds is 8. The highest BCUT2D eigenvalue weighted by Gasteiger charge is 2.38. The number of anilines is 1. The zero-order chi connectivity index (χ0) is 31.3. The van der Waals surface area contributed by atoms with Crippen molar-refractivity contribution in [3.05, 3.63) is 56.9 Å². The third-order valence-electron chi connectivity index (χ3n) is 8.86. The predicted molar refractivity (Wildman–Crippen MR) is 178 cm³/mol. The van der Waals surface area contributed by atoms with Crippen LogP contribution in [0.2, 0.25) is 23.2 Å². The van der Waals surface area contributed by atoms with Crippen molar-refractivity contribution in [2.24, 2.45) is 5.92 Å². The Balaban J connectivity index is 1.47. The van der Waals surface area contributed by atoms with Gasteiger partial charge in [-0.1, -0.05) is 32.4 Å². The fraction of sp³-hybridized carbons (Fsp3) is 0.500. The highest BCUT2D eigenvalue weighted by molar-refractivity contribution is 14.1. The number of nitrogens with zero attached hydrogens (tertiary/aromatic N) is 7. The van der Waals surface area contributed by atoms with Gasteiger partial charge in [0.1, 0.15) is 17.3 Å². The Morgan fingerprint density at radius 3 is 2.40 bits per heavy atom. The standard InChI is InChI=1S/C30H38ClFIN7O2Si/c1-18-12-20(13-19(2)39(18)29-25(33)14-21(32)16-34-29)26(41)23-17-38(10-11-42-43(6,7)30(3,4)5)27-22(23)15-24(31)28(37-27)40-35-8-9-36-40/h8-9,14-20H,10-13H2,1-7H3/t18-,19-/m1/s1. The number of Topliss-reactive ketones (excluding diaryl/α,β-unsaturated/α-hetero) is 1. The molecule has 230 valence electrons. The molecule has 1 fully saturated rings. The van der Waals surface area contributed by atoms with E-state index in [1.165, 1.54) is 17.1 Å². The molecule has 0 bridgehead atoms. The number of hydrogen-bond acceptors (Lipinski definition) is 7. The molecule has 43 heavy (non-hydrogen) atoms. The average molecular weight is 738 g/mol. The maximum absolute atomic E-state index is 14.2. The molecule has 0 amide bonds. The summed E-state index contributed by atoms with van der Waals surface area (Å²) in [6.07, 6.45) is 7.59. The van der Waals surface area contributed by atoms with Crippen LogP contribution in [-0.2, 0) is 11.0 Å². The Kier molecular flexibility index (Phi) is 9.05. The highest BCUT2D eigenvalue weighted by atomic mass is 127. The van der Waals surface area contributed by atoms with Gasteiger partial charge in [0.15, 0.2) is 19.9 Å². The second-order valence-corrected chi connectivity index (χ2v) is 19.3. The van der Waals surface area contributed by atoms with Crippen LogP contribution >= 0.6 is 34.2 Å². The summed E-state index contributed by atoms with van der Waals surface area (Å²) in [5.41, 5.74) is 1.24. The van der Waals surface area contributed by atoms with E-state index >= 15 is 0 Å². The number of carbonyl (C=O) groups excluding carboxylic acids is 1. The molecule has 0 spiro atoms. The highest BCUT2D eigenvalue weighted by Crippen LogP contribution is 2.38. The van der Waals surface area contributed by atoms with Crippen LogP contribution in [0.15, 0.2) is 36.9 Å². The molecule has 0 saturated carbocycles. The second-order valence-electron chi connectivity index (χ2n) is 12.9. The van der Waals surface area contributed by atoms with Gasteiger partial charge in [0.05, 0.1) is 33.8 Å². The lowest BCUT2D eigenvalue weighted by atomic mass is 9.82. The quantitative estimate of drug-likeness (QED) is 0.107. The van der Waals surface area contributed by atoms with Gasteiger partial charge in [-0.3, -0.25) is 4.79 Å². The Morgan fingerprint density at radius 1 is 1.14 bits per heavy atom. The van der Waals surface area contributed by atoms with Crippen LogP contribution in [0.1, 0.15) is 57.8 Å². The van der Waals surface area contributed by atoms with E-state index in [9.17, 15) is 9.18 Å². The monoisotopic (exact) mass is 737 g/mol. The van der Waals surface area contributed by atoms with E-state index in [-0.39, 0.29) is 34.6 Å². The summed E-state index contributed by atoms with van der Waals surface area (Å²) in [6, 6.07) is 3.37. The van der Waals surface area contributed by atoms with Gasteiger partial charge >= 0.3 is 0 Å². The van der Waals surface area contributed by atoms with Crippen molar-refractivity contribution in [1.82, 2.24) is 29.5 Å². The van der Waals surface area contributed by atoms with Crippen molar-refractivity contribution in [2.45, 2.75) is 84.2 Å². The van der Waals surface area contributed by atoms with E-state index in [0.717, 1.165) is 9.39 Å². The largest absolute Gasteiger partial charge is 0.415 e. The van der Waals surface area contributed by atoms with E-state index in [1.807, 2.05) is 10.8 Å². The van der Waals surface area contributed by atoms with E-state index in [4.69, 9.17) is 21.0 Å². The summed E-state index contributed by atoms with van der Waals surface area (Å²) in [4.78, 5) is 27.1. The number of carbonyl (C=O) groups is 1. The first-order valence-corrected chi connectivity index (χ1v) is 18.9. The van der Waals surface area contributed by atoms with Crippen LogP contribution in [0.5, 0.6) is 0 Å². The topological polar surface area (TPSA) is 91.0 Å². The number of pyridine rings is 2. The first kappa shape index (κ1) is 32.0. The average Bonchev–Trinajstić information content (AvgIpc) is 3.56. The summed E-state index contributed by atoms with van der Waals surface area (Å²) in [6.45, 7) is 16.3. The first-order valence-electron chi connectivity index (χ1n) is 14.5. The van der Waals surface area contributed by atoms with Gasteiger partial charge in [-0.05, 0) is 79.5 Å². The van der Waals surface area contributed by atoms with Crippen LogP contribution in [0.25, 0.3) is 16.9 Å². The molecule has 1 aliphatic heterocycles. The van der Waals surface area contributed by atoms with E-state index in [0.29, 0.717) is 53.4 Å². The minimum Gasteiger partial charge on any atom is -0.415 e. The van der Waals surface area contributed by atoms with Gasteiger partial charge in [0, 0.05) is 41.7 Å². The van der Waals surface area contributed by atoms with Crippen molar-refractivity contribution < 1.29 is 13.6 Å². The molecule has 5 rings (SSSR count).